The molecule has 1 amide bonds. The number of piperidine rings is 1. The van der Waals surface area contributed by atoms with E-state index in [2.05, 4.69) is 16.7 Å². The Hall–Kier alpha value is -2.35. The molecule has 0 saturated carbocycles. The van der Waals surface area contributed by atoms with E-state index in [1.54, 1.807) is 4.90 Å². The highest BCUT2D eigenvalue weighted by molar-refractivity contribution is 5.79. The van der Waals surface area contributed by atoms with Crippen molar-refractivity contribution < 1.29 is 23.5 Å². The van der Waals surface area contributed by atoms with Crippen molar-refractivity contribution in [3.63, 3.8) is 0 Å². The second-order valence-electron chi connectivity index (χ2n) is 9.08. The summed E-state index contributed by atoms with van der Waals surface area (Å²) in [6, 6.07) is 7.02. The fourth-order valence-corrected chi connectivity index (χ4v) is 5.23. The van der Waals surface area contributed by atoms with Crippen molar-refractivity contribution in [2.75, 3.05) is 51.3 Å². The Bertz CT molecular complexity index is 795. The molecule has 4 rings (SSSR count). The molecule has 1 spiro atoms. The number of esters is 1. The van der Waals surface area contributed by atoms with E-state index in [0.717, 1.165) is 44.7 Å². The highest BCUT2D eigenvalue weighted by Gasteiger charge is 2.50. The van der Waals surface area contributed by atoms with E-state index in [0.29, 0.717) is 32.0 Å². The van der Waals surface area contributed by atoms with Crippen molar-refractivity contribution in [1.29, 1.82) is 0 Å². The Morgan fingerprint density at radius 1 is 1.19 bits per heavy atom. The molecule has 31 heavy (non-hydrogen) atoms. The van der Waals surface area contributed by atoms with E-state index < -0.39 is 5.41 Å². The van der Waals surface area contributed by atoms with Gasteiger partial charge in [-0.1, -0.05) is 0 Å². The molecule has 3 aliphatic heterocycles. The van der Waals surface area contributed by atoms with Gasteiger partial charge in [0, 0.05) is 57.4 Å². The van der Waals surface area contributed by atoms with Gasteiger partial charge in [-0.25, -0.2) is 9.18 Å². The largest absolute Gasteiger partial charge is 0.462 e. The predicted octanol–water partition coefficient (Wildman–Crippen LogP) is 2.89. The Morgan fingerprint density at radius 2 is 1.90 bits per heavy atom. The molecule has 2 atom stereocenters. The molecule has 1 aromatic carbocycles. The highest BCUT2D eigenvalue weighted by atomic mass is 19.1. The van der Waals surface area contributed by atoms with E-state index in [-0.39, 0.29) is 24.0 Å². The number of halogens is 1. The van der Waals surface area contributed by atoms with Crippen LogP contribution in [0, 0.1) is 11.2 Å². The minimum Gasteiger partial charge on any atom is -0.462 e. The van der Waals surface area contributed by atoms with Gasteiger partial charge in [-0.3, -0.25) is 9.69 Å². The van der Waals surface area contributed by atoms with Crippen molar-refractivity contribution in [1.82, 2.24) is 9.80 Å². The summed E-state index contributed by atoms with van der Waals surface area (Å²) in [6.07, 6.45) is 2.48. The lowest BCUT2D eigenvalue weighted by molar-refractivity contribution is -0.150. The van der Waals surface area contributed by atoms with Gasteiger partial charge in [-0.2, -0.15) is 0 Å². The van der Waals surface area contributed by atoms with Crippen LogP contribution in [-0.4, -0.2) is 80.4 Å². The number of anilines is 1. The van der Waals surface area contributed by atoms with Crippen LogP contribution in [0.15, 0.2) is 24.3 Å². The van der Waals surface area contributed by atoms with E-state index >= 15 is 0 Å². The average Bonchev–Trinajstić information content (AvgIpc) is 3.08. The number of benzene rings is 1. The first kappa shape index (κ1) is 21.9. The SMILES string of the molecule is COC(=O)N1CCC2(CC1)C[C@H](CCN1CCN(c3ccc(F)cc3)[C@H](C)C1)OC2=O. The minimum absolute atomic E-state index is 0.0531. The lowest BCUT2D eigenvalue weighted by Gasteiger charge is -2.41. The number of likely N-dealkylation sites (tertiary alicyclic amines) is 1. The number of cyclic esters (lactones) is 1. The van der Waals surface area contributed by atoms with Gasteiger partial charge in [0.2, 0.25) is 0 Å². The summed E-state index contributed by atoms with van der Waals surface area (Å²) in [5.74, 6) is -0.314. The zero-order valence-electron chi connectivity index (χ0n) is 18.4. The number of carbonyl (C=O) groups excluding carboxylic acids is 2. The fourth-order valence-electron chi connectivity index (χ4n) is 5.23. The maximum Gasteiger partial charge on any atom is 0.409 e. The second kappa shape index (κ2) is 9.02. The Labute approximate surface area is 183 Å². The Morgan fingerprint density at radius 3 is 2.55 bits per heavy atom. The standard InChI is InChI=1S/C23H32FN3O4/c1-17-16-25(13-14-27(17)19-5-3-18(24)4-6-19)10-7-20-15-23(21(28)31-20)8-11-26(12-9-23)22(29)30-2/h3-6,17,20H,7-16H2,1-2H3/t17-,20+/m1/s1. The summed E-state index contributed by atoms with van der Waals surface area (Å²) >= 11 is 0. The molecule has 0 N–H and O–H groups in total. The van der Waals surface area contributed by atoms with Crippen LogP contribution < -0.4 is 4.90 Å². The summed E-state index contributed by atoms with van der Waals surface area (Å²) < 4.78 is 23.7. The van der Waals surface area contributed by atoms with Crippen molar-refractivity contribution in [2.24, 2.45) is 5.41 Å². The van der Waals surface area contributed by atoms with Gasteiger partial charge in [0.1, 0.15) is 11.9 Å². The third-order valence-electron chi connectivity index (χ3n) is 7.12. The van der Waals surface area contributed by atoms with Gasteiger partial charge in [-0.15, -0.1) is 0 Å². The summed E-state index contributed by atoms with van der Waals surface area (Å²) in [5.41, 5.74) is 0.613. The summed E-state index contributed by atoms with van der Waals surface area (Å²) in [7, 11) is 1.38. The molecule has 0 aliphatic carbocycles. The molecule has 3 heterocycles. The van der Waals surface area contributed by atoms with E-state index in [1.807, 2.05) is 12.1 Å². The zero-order chi connectivity index (χ0) is 22.0. The number of ether oxygens (including phenoxy) is 2. The number of piperazine rings is 1. The number of nitrogens with zero attached hydrogens (tertiary/aromatic N) is 3. The molecule has 0 unspecified atom stereocenters. The normalized spacial score (nSPS) is 26.2. The van der Waals surface area contributed by atoms with Crippen molar-refractivity contribution in [3.05, 3.63) is 30.1 Å². The Kier molecular flexibility index (Phi) is 6.36. The van der Waals surface area contributed by atoms with Gasteiger partial charge < -0.3 is 19.3 Å². The van der Waals surface area contributed by atoms with Crippen LogP contribution in [0.5, 0.6) is 0 Å². The molecule has 3 fully saturated rings. The van der Waals surface area contributed by atoms with Crippen LogP contribution >= 0.6 is 0 Å². The topological polar surface area (TPSA) is 62.3 Å². The minimum atomic E-state index is -0.441. The molecule has 1 aromatic rings. The van der Waals surface area contributed by atoms with E-state index in [1.165, 1.54) is 19.2 Å². The molecule has 0 radical (unpaired) electrons. The third-order valence-corrected chi connectivity index (χ3v) is 7.12. The third kappa shape index (κ3) is 4.63. The number of amides is 1. The maximum absolute atomic E-state index is 13.2. The lowest BCUT2D eigenvalue weighted by Crippen LogP contribution is -2.52. The van der Waals surface area contributed by atoms with Crippen molar-refractivity contribution in [3.8, 4) is 0 Å². The molecule has 0 bridgehead atoms. The van der Waals surface area contributed by atoms with Gasteiger partial charge >= 0.3 is 12.1 Å². The second-order valence-corrected chi connectivity index (χ2v) is 9.08. The van der Waals surface area contributed by atoms with Gasteiger partial charge in [0.25, 0.3) is 0 Å². The number of rotatable bonds is 4. The summed E-state index contributed by atoms with van der Waals surface area (Å²) in [4.78, 5) is 30.7. The van der Waals surface area contributed by atoms with E-state index in [9.17, 15) is 14.0 Å². The monoisotopic (exact) mass is 433 g/mol. The van der Waals surface area contributed by atoms with Crippen molar-refractivity contribution in [2.45, 2.75) is 44.8 Å². The zero-order valence-corrected chi connectivity index (χ0v) is 18.4. The van der Waals surface area contributed by atoms with Crippen LogP contribution in [0.2, 0.25) is 0 Å². The number of hydrogen-bond donors (Lipinski definition) is 0. The molecular formula is C23H32FN3O4. The lowest BCUT2D eigenvalue weighted by atomic mass is 9.76. The summed E-state index contributed by atoms with van der Waals surface area (Å²) in [5, 5.41) is 0. The number of carbonyl (C=O) groups is 2. The van der Waals surface area contributed by atoms with Gasteiger partial charge in [0.15, 0.2) is 0 Å². The average molecular weight is 434 g/mol. The molecule has 170 valence electrons. The van der Waals surface area contributed by atoms with Crippen LogP contribution in [0.1, 0.15) is 32.6 Å². The first-order valence-corrected chi connectivity index (χ1v) is 11.2. The highest BCUT2D eigenvalue weighted by Crippen LogP contribution is 2.44. The van der Waals surface area contributed by atoms with Crippen LogP contribution in [-0.2, 0) is 14.3 Å². The van der Waals surface area contributed by atoms with Crippen LogP contribution in [0.3, 0.4) is 0 Å². The Balaban J connectivity index is 1.25. The van der Waals surface area contributed by atoms with Gasteiger partial charge in [-0.05, 0) is 50.5 Å². The molecule has 8 heteroatoms. The van der Waals surface area contributed by atoms with Crippen LogP contribution in [0.4, 0.5) is 14.9 Å². The van der Waals surface area contributed by atoms with Crippen LogP contribution in [0.25, 0.3) is 0 Å². The summed E-state index contributed by atoms with van der Waals surface area (Å²) in [6.45, 7) is 6.91. The smallest absolute Gasteiger partial charge is 0.409 e. The first-order chi connectivity index (χ1) is 14.9. The molecular weight excluding hydrogens is 401 g/mol. The maximum atomic E-state index is 13.2. The van der Waals surface area contributed by atoms with Crippen molar-refractivity contribution >= 4 is 17.7 Å². The quantitative estimate of drug-likeness (QED) is 0.681. The molecule has 7 nitrogen and oxygen atoms in total. The van der Waals surface area contributed by atoms with Gasteiger partial charge in [0.05, 0.1) is 12.5 Å². The molecule has 3 saturated heterocycles. The molecule has 3 aliphatic rings. The number of methoxy groups -OCH3 is 1. The van der Waals surface area contributed by atoms with E-state index in [4.69, 9.17) is 9.47 Å². The predicted molar refractivity (Wildman–Crippen MR) is 114 cm³/mol. The number of hydrogen-bond acceptors (Lipinski definition) is 6. The molecule has 0 aromatic heterocycles. The first-order valence-electron chi connectivity index (χ1n) is 11.2. The fraction of sp³-hybridized carbons (Fsp3) is 0.652.